The van der Waals surface area contributed by atoms with Crippen LogP contribution in [0.25, 0.3) is 10.9 Å². The lowest BCUT2D eigenvalue weighted by Crippen LogP contribution is -2.19. The van der Waals surface area contributed by atoms with Gasteiger partial charge in [0, 0.05) is 29.8 Å². The number of anilines is 2. The van der Waals surface area contributed by atoms with Crippen LogP contribution in [0.3, 0.4) is 0 Å². The molecule has 2 aromatic heterocycles. The number of nitrogens with zero attached hydrogens (tertiary/aromatic N) is 3. The van der Waals surface area contributed by atoms with Crippen molar-refractivity contribution in [2.75, 3.05) is 32.3 Å². The molecule has 0 saturated heterocycles. The Hall–Kier alpha value is -4.94. The number of rotatable bonds is 10. The van der Waals surface area contributed by atoms with Crippen LogP contribution in [0, 0.1) is 11.6 Å². The molecule has 2 aromatic carbocycles. The number of pyridine rings is 1. The molecule has 0 unspecified atom stereocenters. The minimum atomic E-state index is -1.07. The average Bonchev–Trinajstić information content (AvgIpc) is 3.81. The van der Waals surface area contributed by atoms with Gasteiger partial charge in [-0.2, -0.15) is 4.98 Å². The molecule has 1 aliphatic carbocycles. The van der Waals surface area contributed by atoms with E-state index in [0.717, 1.165) is 24.5 Å². The SMILES string of the molecule is CCOC(=O)Oc1cn(C2CC2)c2c(F)c(CCc3cc(Cc4cnc(N)nc4N)cc(OC)c3OC)c(F)cc2c1=O. The molecule has 0 atom stereocenters. The Labute approximate surface area is 245 Å². The van der Waals surface area contributed by atoms with E-state index in [1.807, 2.05) is 6.07 Å². The van der Waals surface area contributed by atoms with Gasteiger partial charge in [-0.05, 0) is 55.9 Å². The van der Waals surface area contributed by atoms with Crippen molar-refractivity contribution >= 4 is 28.8 Å². The molecular weight excluding hydrogens is 564 g/mol. The van der Waals surface area contributed by atoms with Crippen LogP contribution in [-0.2, 0) is 24.0 Å². The Balaban J connectivity index is 1.52. The molecule has 5 rings (SSSR count). The Morgan fingerprint density at radius 3 is 2.49 bits per heavy atom. The van der Waals surface area contributed by atoms with E-state index in [0.29, 0.717) is 29.0 Å². The summed E-state index contributed by atoms with van der Waals surface area (Å²) in [7, 11) is 2.97. The Morgan fingerprint density at radius 1 is 1.07 bits per heavy atom. The number of hydrogen-bond acceptors (Lipinski definition) is 10. The van der Waals surface area contributed by atoms with Gasteiger partial charge in [0.2, 0.25) is 11.4 Å². The van der Waals surface area contributed by atoms with Gasteiger partial charge >= 0.3 is 6.16 Å². The summed E-state index contributed by atoms with van der Waals surface area (Å²) < 4.78 is 54.1. The molecule has 13 heteroatoms. The van der Waals surface area contributed by atoms with Crippen molar-refractivity contribution in [3.8, 4) is 17.2 Å². The maximum atomic E-state index is 16.1. The second-order valence-electron chi connectivity index (χ2n) is 10.1. The zero-order chi connectivity index (χ0) is 30.8. The van der Waals surface area contributed by atoms with Crippen molar-refractivity contribution in [3.05, 3.63) is 74.7 Å². The van der Waals surface area contributed by atoms with Gasteiger partial charge in [-0.15, -0.1) is 0 Å². The second kappa shape index (κ2) is 12.1. The maximum absolute atomic E-state index is 16.1. The van der Waals surface area contributed by atoms with E-state index >= 15 is 8.78 Å². The first-order valence-corrected chi connectivity index (χ1v) is 13.7. The van der Waals surface area contributed by atoms with Gasteiger partial charge in [-0.3, -0.25) is 4.79 Å². The number of benzene rings is 2. The largest absolute Gasteiger partial charge is 0.514 e. The van der Waals surface area contributed by atoms with Crippen LogP contribution in [0.1, 0.15) is 48.1 Å². The molecule has 11 nitrogen and oxygen atoms in total. The summed E-state index contributed by atoms with van der Waals surface area (Å²) in [6, 6.07) is 4.49. The highest BCUT2D eigenvalue weighted by molar-refractivity contribution is 5.83. The average molecular weight is 596 g/mol. The maximum Gasteiger partial charge on any atom is 0.514 e. The number of aryl methyl sites for hydroxylation is 1. The lowest BCUT2D eigenvalue weighted by molar-refractivity contribution is 0.104. The molecular formula is C30H31F2N5O6. The number of methoxy groups -OCH3 is 2. The topological polar surface area (TPSA) is 154 Å². The molecule has 0 amide bonds. The van der Waals surface area contributed by atoms with Gasteiger partial charge in [0.1, 0.15) is 11.6 Å². The van der Waals surface area contributed by atoms with Gasteiger partial charge in [0.05, 0.1) is 37.9 Å². The molecule has 2 heterocycles. The van der Waals surface area contributed by atoms with Crippen LogP contribution in [0.4, 0.5) is 25.3 Å². The standard InChI is InChI=1S/C30H31F2N5O6/c1-4-42-30(39)43-23-14-37(18-6-7-18)25-20(26(23)38)12-21(31)19(24(25)32)8-5-16-9-15(11-22(40-2)27(16)41-3)10-17-13-35-29(34)36-28(17)33/h9,11-14,18H,4-8,10H2,1-3H3,(H4,33,34,35,36). The van der Waals surface area contributed by atoms with Crippen LogP contribution in [0.5, 0.6) is 17.2 Å². The molecule has 1 aliphatic rings. The zero-order valence-electron chi connectivity index (χ0n) is 23.9. The number of ether oxygens (including phenoxy) is 4. The second-order valence-corrected chi connectivity index (χ2v) is 10.1. The van der Waals surface area contributed by atoms with Crippen molar-refractivity contribution in [1.29, 1.82) is 0 Å². The van der Waals surface area contributed by atoms with E-state index < -0.39 is 23.2 Å². The molecule has 0 aliphatic heterocycles. The minimum absolute atomic E-state index is 0.0409. The molecule has 43 heavy (non-hydrogen) atoms. The van der Waals surface area contributed by atoms with Gasteiger partial charge in [0.15, 0.2) is 23.1 Å². The molecule has 4 aromatic rings. The van der Waals surface area contributed by atoms with Crippen LogP contribution in [0.15, 0.2) is 35.4 Å². The van der Waals surface area contributed by atoms with Gasteiger partial charge in [-0.1, -0.05) is 6.07 Å². The minimum Gasteiger partial charge on any atom is -0.493 e. The summed E-state index contributed by atoms with van der Waals surface area (Å²) in [5.74, 6) is -0.955. The fourth-order valence-electron chi connectivity index (χ4n) is 5.08. The molecule has 226 valence electrons. The highest BCUT2D eigenvalue weighted by atomic mass is 19.1. The van der Waals surface area contributed by atoms with E-state index in [1.165, 1.54) is 31.2 Å². The van der Waals surface area contributed by atoms with Gasteiger partial charge < -0.3 is 35.0 Å². The van der Waals surface area contributed by atoms with E-state index in [2.05, 4.69) is 9.97 Å². The third kappa shape index (κ3) is 6.01. The van der Waals surface area contributed by atoms with E-state index in [9.17, 15) is 9.59 Å². The lowest BCUT2D eigenvalue weighted by Gasteiger charge is -2.17. The summed E-state index contributed by atoms with van der Waals surface area (Å²) in [5, 5.41) is -0.225. The van der Waals surface area contributed by atoms with E-state index in [-0.39, 0.29) is 59.5 Å². The van der Waals surface area contributed by atoms with E-state index in [4.69, 9.17) is 30.4 Å². The highest BCUT2D eigenvalue weighted by Crippen LogP contribution is 2.40. The normalized spacial score (nSPS) is 12.8. The lowest BCUT2D eigenvalue weighted by atomic mass is 9.97. The first-order valence-electron chi connectivity index (χ1n) is 13.7. The summed E-state index contributed by atoms with van der Waals surface area (Å²) in [6.45, 7) is 1.63. The monoisotopic (exact) mass is 595 g/mol. The van der Waals surface area contributed by atoms with Crippen molar-refractivity contribution < 1.29 is 32.5 Å². The molecule has 0 bridgehead atoms. The van der Waals surface area contributed by atoms with E-state index in [1.54, 1.807) is 13.0 Å². The quantitative estimate of drug-likeness (QED) is 0.251. The first kappa shape index (κ1) is 29.5. The summed E-state index contributed by atoms with van der Waals surface area (Å²) >= 11 is 0. The Bertz CT molecular complexity index is 1770. The number of aromatic nitrogens is 3. The number of carbonyl (C=O) groups is 1. The molecule has 1 fully saturated rings. The number of carbonyl (C=O) groups excluding carboxylic acids is 1. The molecule has 0 radical (unpaired) electrons. The van der Waals surface area contributed by atoms with Crippen molar-refractivity contribution in [2.24, 2.45) is 0 Å². The van der Waals surface area contributed by atoms with Gasteiger partial charge in [0.25, 0.3) is 0 Å². The predicted molar refractivity (Wildman–Crippen MR) is 155 cm³/mol. The Kier molecular flexibility index (Phi) is 8.33. The number of halogens is 2. The number of hydrogen-bond donors (Lipinski definition) is 2. The molecule has 4 N–H and O–H groups in total. The molecule has 0 spiro atoms. The summed E-state index contributed by atoms with van der Waals surface area (Å²) in [5.41, 5.74) is 12.6. The van der Waals surface area contributed by atoms with Gasteiger partial charge in [-0.25, -0.2) is 18.6 Å². The number of nitrogens with two attached hydrogens (primary N) is 2. The van der Waals surface area contributed by atoms with Crippen LogP contribution in [0.2, 0.25) is 0 Å². The number of nitrogen functional groups attached to an aromatic ring is 2. The highest BCUT2D eigenvalue weighted by Gasteiger charge is 2.30. The molecule has 1 saturated carbocycles. The van der Waals surface area contributed by atoms with Crippen molar-refractivity contribution in [3.63, 3.8) is 0 Å². The third-order valence-corrected chi connectivity index (χ3v) is 7.24. The fraction of sp³-hybridized carbons (Fsp3) is 0.333. The van der Waals surface area contributed by atoms with Crippen molar-refractivity contribution in [2.45, 2.75) is 45.1 Å². The fourth-order valence-corrected chi connectivity index (χ4v) is 5.08. The zero-order valence-corrected chi connectivity index (χ0v) is 23.9. The van der Waals surface area contributed by atoms with Crippen LogP contribution in [-0.4, -0.2) is 41.5 Å². The first-order chi connectivity index (χ1) is 20.6. The predicted octanol–water partition coefficient (Wildman–Crippen LogP) is 4.50. The van der Waals surface area contributed by atoms with Crippen LogP contribution >= 0.6 is 0 Å². The van der Waals surface area contributed by atoms with Crippen molar-refractivity contribution in [1.82, 2.24) is 14.5 Å². The summed E-state index contributed by atoms with van der Waals surface area (Å²) in [6.07, 6.45) is 3.69. The Morgan fingerprint density at radius 2 is 1.84 bits per heavy atom. The third-order valence-electron chi connectivity index (χ3n) is 7.24. The number of fused-ring (bicyclic) bond motifs is 1. The summed E-state index contributed by atoms with van der Waals surface area (Å²) in [4.78, 5) is 33.0. The van der Waals surface area contributed by atoms with Crippen LogP contribution < -0.4 is 31.1 Å². The smallest absolute Gasteiger partial charge is 0.493 e.